The molecule has 0 spiro atoms. The van der Waals surface area contributed by atoms with Gasteiger partial charge in [-0.15, -0.1) is 0 Å². The topological polar surface area (TPSA) is 149 Å². The van der Waals surface area contributed by atoms with Gasteiger partial charge in [0.1, 0.15) is 24.4 Å². The van der Waals surface area contributed by atoms with E-state index in [1.54, 1.807) is 6.08 Å². The lowest BCUT2D eigenvalue weighted by atomic mass is 9.99. The van der Waals surface area contributed by atoms with E-state index in [-0.39, 0.29) is 12.5 Å². The number of ether oxygens (including phenoxy) is 2. The molecule has 298 valence electrons. The third kappa shape index (κ3) is 24.4. The molecular weight excluding hydrogens is 646 g/mol. The van der Waals surface area contributed by atoms with Crippen LogP contribution in [0.1, 0.15) is 168 Å². The van der Waals surface area contributed by atoms with Crippen LogP contribution in [0, 0.1) is 0 Å². The van der Waals surface area contributed by atoms with Gasteiger partial charge in [0.15, 0.2) is 6.29 Å². The Morgan fingerprint density at radius 2 is 1.16 bits per heavy atom. The van der Waals surface area contributed by atoms with Crippen LogP contribution in [0.2, 0.25) is 0 Å². The van der Waals surface area contributed by atoms with E-state index in [0.29, 0.717) is 6.42 Å². The first-order valence-corrected chi connectivity index (χ1v) is 20.7. The molecule has 7 atom stereocenters. The van der Waals surface area contributed by atoms with Crippen LogP contribution in [0.5, 0.6) is 0 Å². The molecule has 0 aliphatic carbocycles. The monoisotopic (exact) mass is 724 g/mol. The SMILES string of the molecule is CCCCC/C=C\C/C=C\CCCCCCCC(=O)N[C@@H](CO[C@@H]1O[C@H](CO)[C@H](O)[C@H](O)[C@H]1O)[C@H](O)/C=C/CCCCCCCCCCCCC. The zero-order valence-electron chi connectivity index (χ0n) is 32.4. The highest BCUT2D eigenvalue weighted by molar-refractivity contribution is 5.76. The summed E-state index contributed by atoms with van der Waals surface area (Å²) in [7, 11) is 0. The van der Waals surface area contributed by atoms with Gasteiger partial charge in [0, 0.05) is 6.42 Å². The van der Waals surface area contributed by atoms with Gasteiger partial charge >= 0.3 is 0 Å². The first-order chi connectivity index (χ1) is 24.8. The maximum absolute atomic E-state index is 12.9. The van der Waals surface area contributed by atoms with Gasteiger partial charge in [-0.3, -0.25) is 4.79 Å². The summed E-state index contributed by atoms with van der Waals surface area (Å²) in [5.74, 6) is -0.194. The number of hydrogen-bond donors (Lipinski definition) is 6. The van der Waals surface area contributed by atoms with Crippen LogP contribution in [-0.2, 0) is 14.3 Å². The molecule has 0 radical (unpaired) electrons. The van der Waals surface area contributed by atoms with Crippen molar-refractivity contribution < 1.29 is 39.8 Å². The number of nitrogens with one attached hydrogen (secondary N) is 1. The van der Waals surface area contributed by atoms with Gasteiger partial charge in [-0.1, -0.05) is 147 Å². The van der Waals surface area contributed by atoms with Gasteiger partial charge in [0.2, 0.25) is 5.91 Å². The average Bonchev–Trinajstić information content (AvgIpc) is 3.13. The molecule has 9 heteroatoms. The Kier molecular flexibility index (Phi) is 30.7. The van der Waals surface area contributed by atoms with Crippen molar-refractivity contribution in [2.45, 2.75) is 211 Å². The smallest absolute Gasteiger partial charge is 0.220 e. The Labute approximate surface area is 311 Å². The maximum Gasteiger partial charge on any atom is 0.220 e. The number of unbranched alkanes of at least 4 members (excludes halogenated alkanes) is 19. The highest BCUT2D eigenvalue weighted by Crippen LogP contribution is 2.22. The number of rotatable bonds is 33. The van der Waals surface area contributed by atoms with E-state index in [4.69, 9.17) is 9.47 Å². The van der Waals surface area contributed by atoms with Gasteiger partial charge in [-0.2, -0.15) is 0 Å². The summed E-state index contributed by atoms with van der Waals surface area (Å²) in [6.45, 7) is 3.71. The van der Waals surface area contributed by atoms with Crippen molar-refractivity contribution in [3.63, 3.8) is 0 Å². The molecule has 1 saturated heterocycles. The fraction of sp³-hybridized carbons (Fsp3) is 0.833. The summed E-state index contributed by atoms with van der Waals surface area (Å²) in [4.78, 5) is 12.9. The van der Waals surface area contributed by atoms with Crippen molar-refractivity contribution >= 4 is 5.91 Å². The molecular formula is C42H77NO8. The van der Waals surface area contributed by atoms with E-state index >= 15 is 0 Å². The van der Waals surface area contributed by atoms with E-state index in [2.05, 4.69) is 43.5 Å². The molecule has 1 aliphatic heterocycles. The van der Waals surface area contributed by atoms with Crippen LogP contribution in [0.4, 0.5) is 0 Å². The lowest BCUT2D eigenvalue weighted by Crippen LogP contribution is -2.60. The molecule has 1 heterocycles. The molecule has 0 aromatic carbocycles. The van der Waals surface area contributed by atoms with E-state index in [1.165, 1.54) is 83.5 Å². The standard InChI is InChI=1S/C42H77NO8/c1-3-5-7-9-11-13-15-17-18-20-22-24-26-28-30-32-38(46)43-35(34-50-42-41(49)40(48)39(47)37(33-44)51-42)36(45)31-29-27-25-23-21-19-16-14-12-10-8-6-4-2/h11,13,17-18,29,31,35-37,39-42,44-45,47-49H,3-10,12,14-16,19-28,30,32-34H2,1-2H3,(H,43,46)/b13-11-,18-17-,31-29+/t35-,36+,37+,39-,40-,41+,42+/m0/s1. The second-order valence-corrected chi connectivity index (χ2v) is 14.4. The molecule has 1 fully saturated rings. The Morgan fingerprint density at radius 3 is 1.73 bits per heavy atom. The van der Waals surface area contributed by atoms with Crippen molar-refractivity contribution in [1.29, 1.82) is 0 Å². The summed E-state index contributed by atoms with van der Waals surface area (Å²) >= 11 is 0. The molecule has 51 heavy (non-hydrogen) atoms. The Bertz CT molecular complexity index is 894. The van der Waals surface area contributed by atoms with Crippen molar-refractivity contribution in [3.8, 4) is 0 Å². The van der Waals surface area contributed by atoms with E-state index < -0.39 is 49.5 Å². The van der Waals surface area contributed by atoms with Crippen LogP contribution in [0.25, 0.3) is 0 Å². The largest absolute Gasteiger partial charge is 0.394 e. The lowest BCUT2D eigenvalue weighted by Gasteiger charge is -2.40. The minimum Gasteiger partial charge on any atom is -0.394 e. The van der Waals surface area contributed by atoms with Gasteiger partial charge in [-0.25, -0.2) is 0 Å². The predicted octanol–water partition coefficient (Wildman–Crippen LogP) is 7.72. The van der Waals surface area contributed by atoms with E-state index in [9.17, 15) is 30.3 Å². The molecule has 1 rings (SSSR count). The third-order valence-electron chi connectivity index (χ3n) is 9.71. The minimum absolute atomic E-state index is 0.194. The van der Waals surface area contributed by atoms with Crippen molar-refractivity contribution in [3.05, 3.63) is 36.5 Å². The fourth-order valence-electron chi connectivity index (χ4n) is 6.30. The minimum atomic E-state index is -1.57. The Balaban J connectivity index is 2.44. The summed E-state index contributed by atoms with van der Waals surface area (Å²) in [6, 6.07) is -0.809. The molecule has 0 aromatic rings. The van der Waals surface area contributed by atoms with Gasteiger partial charge < -0.3 is 40.3 Å². The summed E-state index contributed by atoms with van der Waals surface area (Å²) < 4.78 is 11.2. The first kappa shape index (κ1) is 47.4. The zero-order valence-corrected chi connectivity index (χ0v) is 32.4. The maximum atomic E-state index is 12.9. The highest BCUT2D eigenvalue weighted by atomic mass is 16.7. The quantitative estimate of drug-likeness (QED) is 0.0298. The number of amides is 1. The number of carbonyl (C=O) groups excluding carboxylic acids is 1. The molecule has 0 bridgehead atoms. The summed E-state index contributed by atoms with van der Waals surface area (Å²) in [6.07, 6.45) is 31.8. The Hall–Kier alpha value is -1.59. The second-order valence-electron chi connectivity index (χ2n) is 14.4. The normalized spacial score (nSPS) is 22.4. The van der Waals surface area contributed by atoms with Crippen LogP contribution in [0.3, 0.4) is 0 Å². The van der Waals surface area contributed by atoms with Gasteiger partial charge in [0.05, 0.1) is 25.4 Å². The summed E-state index contributed by atoms with van der Waals surface area (Å²) in [5.41, 5.74) is 0. The number of aliphatic hydroxyl groups is 5. The predicted molar refractivity (Wildman–Crippen MR) is 207 cm³/mol. The van der Waals surface area contributed by atoms with Crippen LogP contribution in [-0.4, -0.2) is 87.5 Å². The average molecular weight is 724 g/mol. The highest BCUT2D eigenvalue weighted by Gasteiger charge is 2.44. The number of aliphatic hydroxyl groups excluding tert-OH is 5. The van der Waals surface area contributed by atoms with Crippen LogP contribution in [0.15, 0.2) is 36.5 Å². The van der Waals surface area contributed by atoms with Gasteiger partial charge in [0.25, 0.3) is 0 Å². The Morgan fingerprint density at radius 1 is 0.667 bits per heavy atom. The molecule has 0 aromatic heterocycles. The molecule has 1 amide bonds. The van der Waals surface area contributed by atoms with Crippen LogP contribution < -0.4 is 5.32 Å². The first-order valence-electron chi connectivity index (χ1n) is 20.7. The molecule has 9 nitrogen and oxygen atoms in total. The third-order valence-corrected chi connectivity index (χ3v) is 9.71. The molecule has 0 saturated carbocycles. The van der Waals surface area contributed by atoms with E-state index in [1.807, 2.05) is 6.08 Å². The van der Waals surface area contributed by atoms with Crippen LogP contribution >= 0.6 is 0 Å². The summed E-state index contributed by atoms with van der Waals surface area (Å²) in [5, 5.41) is 54.0. The van der Waals surface area contributed by atoms with Crippen molar-refractivity contribution in [2.75, 3.05) is 13.2 Å². The lowest BCUT2D eigenvalue weighted by molar-refractivity contribution is -0.302. The van der Waals surface area contributed by atoms with Crippen molar-refractivity contribution in [1.82, 2.24) is 5.32 Å². The zero-order chi connectivity index (χ0) is 37.4. The number of allylic oxidation sites excluding steroid dienone is 5. The van der Waals surface area contributed by atoms with Gasteiger partial charge in [-0.05, 0) is 51.4 Å². The fourth-order valence-corrected chi connectivity index (χ4v) is 6.30. The number of hydrogen-bond acceptors (Lipinski definition) is 8. The molecule has 1 aliphatic rings. The molecule has 0 unspecified atom stereocenters. The van der Waals surface area contributed by atoms with E-state index in [0.717, 1.165) is 64.2 Å². The van der Waals surface area contributed by atoms with Crippen molar-refractivity contribution in [2.24, 2.45) is 0 Å². The second kappa shape index (κ2) is 33.0. The molecule has 6 N–H and O–H groups in total. The number of carbonyl (C=O) groups is 1.